The lowest BCUT2D eigenvalue weighted by molar-refractivity contribution is 1.07. The third kappa shape index (κ3) is 5.84. The van der Waals surface area contributed by atoms with Gasteiger partial charge in [-0.05, 0) is 85.0 Å². The van der Waals surface area contributed by atoms with Crippen molar-refractivity contribution in [2.24, 2.45) is 0 Å². The molecule has 3 nitrogen and oxygen atoms in total. The quantitative estimate of drug-likeness (QED) is 0.169. The molecule has 0 radical (unpaired) electrons. The van der Waals surface area contributed by atoms with Crippen molar-refractivity contribution in [2.45, 2.75) is 6.42 Å². The Labute approximate surface area is 352 Å². The summed E-state index contributed by atoms with van der Waals surface area (Å²) in [5, 5.41) is 5.14. The first-order chi connectivity index (χ1) is 29.7. The second-order valence-electron chi connectivity index (χ2n) is 15.5. The summed E-state index contributed by atoms with van der Waals surface area (Å²) in [4.78, 5) is 15.5. The molecule has 1 aliphatic carbocycles. The Morgan fingerprint density at radius 3 is 1.73 bits per heavy atom. The molecule has 12 rings (SSSR count). The maximum absolute atomic E-state index is 5.23. The maximum Gasteiger partial charge on any atom is 0.164 e. The molecule has 4 heteroatoms. The van der Waals surface area contributed by atoms with Gasteiger partial charge in [-0.1, -0.05) is 188 Å². The minimum absolute atomic E-state index is 0.651. The van der Waals surface area contributed by atoms with Crippen LogP contribution < -0.4 is 0 Å². The van der Waals surface area contributed by atoms with Crippen LogP contribution in [0.15, 0.2) is 200 Å². The van der Waals surface area contributed by atoms with Gasteiger partial charge in [-0.2, -0.15) is 0 Å². The summed E-state index contributed by atoms with van der Waals surface area (Å²) in [6, 6.07) is 71.7. The average Bonchev–Trinajstić information content (AvgIpc) is 3.91. The minimum atomic E-state index is 0.651. The van der Waals surface area contributed by atoms with Gasteiger partial charge in [0.15, 0.2) is 17.5 Å². The van der Waals surface area contributed by atoms with E-state index in [4.69, 9.17) is 15.0 Å². The number of rotatable bonds is 6. The zero-order valence-electron chi connectivity index (χ0n) is 32.5. The van der Waals surface area contributed by atoms with Crippen LogP contribution >= 0.6 is 11.3 Å². The summed E-state index contributed by atoms with van der Waals surface area (Å²) in [5.74, 6) is 1.98. The van der Waals surface area contributed by atoms with E-state index in [2.05, 4.69) is 182 Å². The molecule has 0 saturated heterocycles. The van der Waals surface area contributed by atoms with E-state index in [-0.39, 0.29) is 0 Å². The highest BCUT2D eigenvalue weighted by Crippen LogP contribution is 2.46. The van der Waals surface area contributed by atoms with Gasteiger partial charge >= 0.3 is 0 Å². The molecule has 2 aromatic heterocycles. The summed E-state index contributed by atoms with van der Waals surface area (Å²) < 4.78 is 2.65. The predicted octanol–water partition coefficient (Wildman–Crippen LogP) is 15.0. The Balaban J connectivity index is 0.909. The number of hydrogen-bond acceptors (Lipinski definition) is 4. The zero-order chi connectivity index (χ0) is 39.6. The van der Waals surface area contributed by atoms with Gasteiger partial charge in [0.25, 0.3) is 0 Å². The van der Waals surface area contributed by atoms with Gasteiger partial charge < -0.3 is 0 Å². The van der Waals surface area contributed by atoms with Gasteiger partial charge in [0.05, 0.1) is 0 Å². The summed E-state index contributed by atoms with van der Waals surface area (Å²) >= 11 is 1.87. The molecular formula is C56H35N3S. The van der Waals surface area contributed by atoms with Crippen molar-refractivity contribution in [3.05, 3.63) is 211 Å². The average molecular weight is 782 g/mol. The predicted molar refractivity (Wildman–Crippen MR) is 251 cm³/mol. The summed E-state index contributed by atoms with van der Waals surface area (Å²) in [5.41, 5.74) is 15.3. The van der Waals surface area contributed by atoms with Crippen molar-refractivity contribution < 1.29 is 0 Å². The first-order valence-corrected chi connectivity index (χ1v) is 21.2. The summed E-state index contributed by atoms with van der Waals surface area (Å²) in [6.07, 6.45) is 0.855. The molecule has 0 aliphatic heterocycles. The molecule has 0 atom stereocenters. The first-order valence-electron chi connectivity index (χ1n) is 20.4. The smallest absolute Gasteiger partial charge is 0.164 e. The Bertz CT molecular complexity index is 3440. The van der Waals surface area contributed by atoms with Crippen molar-refractivity contribution >= 4 is 42.3 Å². The van der Waals surface area contributed by atoms with Crippen LogP contribution in [0.3, 0.4) is 0 Å². The molecule has 0 bridgehead atoms. The molecule has 0 saturated carbocycles. The lowest BCUT2D eigenvalue weighted by atomic mass is 9.93. The third-order valence-corrected chi connectivity index (χ3v) is 13.2. The first kappa shape index (κ1) is 34.5. The van der Waals surface area contributed by atoms with E-state index < -0.39 is 0 Å². The zero-order valence-corrected chi connectivity index (χ0v) is 33.3. The molecular weight excluding hydrogens is 747 g/mol. The molecule has 0 unspecified atom stereocenters. The molecule has 280 valence electrons. The SMILES string of the molecule is c1ccc(-c2nc(-c3ccc(-c4ccc(-c5cccc6c5sc5ccccc56)cc4)cc3)nc(-c3cccc4c3-c3cccc(-c5ccc6ccccc6c5)c3C4)n2)cc1. The summed E-state index contributed by atoms with van der Waals surface area (Å²) in [7, 11) is 0. The molecule has 9 aromatic carbocycles. The molecule has 0 spiro atoms. The Kier molecular flexibility index (Phi) is 8.10. The van der Waals surface area contributed by atoms with E-state index in [0.717, 1.165) is 34.2 Å². The lowest BCUT2D eigenvalue weighted by Crippen LogP contribution is -2.01. The highest BCUT2D eigenvalue weighted by molar-refractivity contribution is 7.26. The van der Waals surface area contributed by atoms with Crippen LogP contribution in [0.5, 0.6) is 0 Å². The fraction of sp³-hybridized carbons (Fsp3) is 0.0179. The van der Waals surface area contributed by atoms with Crippen LogP contribution in [-0.2, 0) is 6.42 Å². The van der Waals surface area contributed by atoms with Gasteiger partial charge in [-0.3, -0.25) is 0 Å². The normalized spacial score (nSPS) is 11.9. The Morgan fingerprint density at radius 1 is 0.350 bits per heavy atom. The topological polar surface area (TPSA) is 38.7 Å². The van der Waals surface area contributed by atoms with E-state index in [9.17, 15) is 0 Å². The highest BCUT2D eigenvalue weighted by atomic mass is 32.1. The van der Waals surface area contributed by atoms with Crippen molar-refractivity contribution in [3.8, 4) is 78.7 Å². The number of benzene rings is 9. The van der Waals surface area contributed by atoms with Gasteiger partial charge in [0.2, 0.25) is 0 Å². The van der Waals surface area contributed by atoms with Crippen molar-refractivity contribution in [3.63, 3.8) is 0 Å². The van der Waals surface area contributed by atoms with E-state index >= 15 is 0 Å². The molecule has 0 fully saturated rings. The number of nitrogens with zero attached hydrogens (tertiary/aromatic N) is 3. The van der Waals surface area contributed by atoms with E-state index in [1.165, 1.54) is 75.5 Å². The monoisotopic (exact) mass is 781 g/mol. The fourth-order valence-electron chi connectivity index (χ4n) is 9.05. The Morgan fingerprint density at radius 2 is 0.917 bits per heavy atom. The van der Waals surface area contributed by atoms with E-state index in [1.54, 1.807) is 0 Å². The van der Waals surface area contributed by atoms with Crippen LogP contribution in [0.25, 0.3) is 110 Å². The van der Waals surface area contributed by atoms with E-state index in [0.29, 0.717) is 17.5 Å². The van der Waals surface area contributed by atoms with Crippen molar-refractivity contribution in [2.75, 3.05) is 0 Å². The van der Waals surface area contributed by atoms with Crippen molar-refractivity contribution in [1.82, 2.24) is 15.0 Å². The van der Waals surface area contributed by atoms with Gasteiger partial charge in [-0.15, -0.1) is 11.3 Å². The molecule has 2 heterocycles. The van der Waals surface area contributed by atoms with Crippen molar-refractivity contribution in [1.29, 1.82) is 0 Å². The van der Waals surface area contributed by atoms with Crippen LogP contribution in [0.2, 0.25) is 0 Å². The van der Waals surface area contributed by atoms with Gasteiger partial charge in [-0.25, -0.2) is 15.0 Å². The number of aromatic nitrogens is 3. The maximum atomic E-state index is 5.23. The molecule has 0 N–H and O–H groups in total. The Hall–Kier alpha value is -7.53. The number of thiophene rings is 1. The molecule has 0 amide bonds. The van der Waals surface area contributed by atoms with Gasteiger partial charge in [0, 0.05) is 36.9 Å². The molecule has 1 aliphatic rings. The minimum Gasteiger partial charge on any atom is -0.208 e. The molecule has 60 heavy (non-hydrogen) atoms. The highest BCUT2D eigenvalue weighted by Gasteiger charge is 2.26. The van der Waals surface area contributed by atoms with Gasteiger partial charge in [0.1, 0.15) is 0 Å². The summed E-state index contributed by atoms with van der Waals surface area (Å²) in [6.45, 7) is 0. The second kappa shape index (κ2) is 14.1. The second-order valence-corrected chi connectivity index (χ2v) is 16.6. The molecule has 11 aromatic rings. The van der Waals surface area contributed by atoms with Crippen LogP contribution in [-0.4, -0.2) is 15.0 Å². The fourth-order valence-corrected chi connectivity index (χ4v) is 10.3. The van der Waals surface area contributed by atoms with Crippen LogP contribution in [0.4, 0.5) is 0 Å². The largest absolute Gasteiger partial charge is 0.208 e. The number of hydrogen-bond donors (Lipinski definition) is 0. The standard InChI is InChI=1S/C56H35N3S/c1-2-12-39(13-3-1)54-57-55(40-30-25-37(26-31-40)36-23-28-38(29-24-36)45-18-10-20-48-46-16-6-7-22-51(46)60-53(45)48)59-56(58-54)49-21-8-15-43-34-50-44(17-9-19-47(50)52(43)49)42-32-27-35-11-4-5-14-41(35)33-42/h1-33H,34H2. The lowest BCUT2D eigenvalue weighted by Gasteiger charge is -2.13. The van der Waals surface area contributed by atoms with E-state index in [1.807, 2.05) is 29.5 Å². The third-order valence-electron chi connectivity index (χ3n) is 12.0. The van der Waals surface area contributed by atoms with Crippen LogP contribution in [0, 0.1) is 0 Å². The number of fused-ring (bicyclic) bond motifs is 7. The van der Waals surface area contributed by atoms with Crippen LogP contribution in [0.1, 0.15) is 11.1 Å².